The third-order valence-electron chi connectivity index (χ3n) is 4.86. The van der Waals surface area contributed by atoms with Crippen molar-refractivity contribution in [2.45, 2.75) is 52.7 Å². The van der Waals surface area contributed by atoms with Crippen molar-refractivity contribution in [3.05, 3.63) is 22.8 Å². The Morgan fingerprint density at radius 1 is 1.33 bits per heavy atom. The smallest absolute Gasteiger partial charge is 0.187 e. The summed E-state index contributed by atoms with van der Waals surface area (Å²) in [5.41, 5.74) is 2.21. The zero-order chi connectivity index (χ0) is 13.7. The van der Waals surface area contributed by atoms with E-state index < -0.39 is 12.2 Å². The van der Waals surface area contributed by atoms with E-state index in [2.05, 4.69) is 6.08 Å². The molecule has 18 heavy (non-hydrogen) atoms. The van der Waals surface area contributed by atoms with E-state index in [1.807, 2.05) is 20.8 Å². The molecule has 3 nitrogen and oxygen atoms in total. The third kappa shape index (κ3) is 1.77. The summed E-state index contributed by atoms with van der Waals surface area (Å²) in [4.78, 5) is 12.0. The molecule has 4 atom stereocenters. The number of aliphatic hydroxyl groups excluding tert-OH is 2. The molecule has 100 valence electrons. The Hall–Kier alpha value is -0.930. The Bertz CT molecular complexity index is 447. The van der Waals surface area contributed by atoms with Gasteiger partial charge in [-0.25, -0.2) is 0 Å². The lowest BCUT2D eigenvalue weighted by Crippen LogP contribution is -2.47. The Labute approximate surface area is 108 Å². The standard InChI is InChI=1S/C15H22O3/c1-8-5-6-15(4)10(3)14(18)13(17)9(2)12(15)11(16)7-8/h5,10-11,14,16,18H,6-7H2,1-4H3/t10-,11+,14+,15+/m1/s1. The number of allylic oxidation sites excluding steroid dienone is 1. The van der Waals surface area contributed by atoms with Gasteiger partial charge in [0.1, 0.15) is 6.10 Å². The van der Waals surface area contributed by atoms with Crippen LogP contribution < -0.4 is 0 Å². The van der Waals surface area contributed by atoms with Crippen LogP contribution in [0.25, 0.3) is 0 Å². The molecule has 0 unspecified atom stereocenters. The average Bonchev–Trinajstić information content (AvgIpc) is 2.42. The minimum Gasteiger partial charge on any atom is -0.388 e. The first-order valence-corrected chi connectivity index (χ1v) is 6.56. The first-order valence-electron chi connectivity index (χ1n) is 6.56. The van der Waals surface area contributed by atoms with E-state index in [9.17, 15) is 15.0 Å². The lowest BCUT2D eigenvalue weighted by Gasteiger charge is -2.44. The van der Waals surface area contributed by atoms with E-state index in [-0.39, 0.29) is 17.1 Å². The van der Waals surface area contributed by atoms with Gasteiger partial charge in [0.2, 0.25) is 0 Å². The summed E-state index contributed by atoms with van der Waals surface area (Å²) < 4.78 is 0. The molecule has 0 aromatic carbocycles. The molecule has 0 radical (unpaired) electrons. The van der Waals surface area contributed by atoms with Crippen LogP contribution in [-0.4, -0.2) is 28.2 Å². The van der Waals surface area contributed by atoms with E-state index in [1.54, 1.807) is 6.92 Å². The highest BCUT2D eigenvalue weighted by Crippen LogP contribution is 2.50. The minimum atomic E-state index is -0.947. The molecular weight excluding hydrogens is 228 g/mol. The summed E-state index contributed by atoms with van der Waals surface area (Å²) in [6, 6.07) is 0. The number of ketones is 1. The maximum Gasteiger partial charge on any atom is 0.187 e. The molecule has 2 aliphatic carbocycles. The highest BCUT2D eigenvalue weighted by Gasteiger charge is 2.49. The summed E-state index contributed by atoms with van der Waals surface area (Å²) in [5.74, 6) is -0.394. The quantitative estimate of drug-likeness (QED) is 0.646. The number of hydrogen-bond acceptors (Lipinski definition) is 3. The van der Waals surface area contributed by atoms with Gasteiger partial charge in [-0.2, -0.15) is 0 Å². The second-order valence-corrected chi connectivity index (χ2v) is 6.03. The Morgan fingerprint density at radius 3 is 2.56 bits per heavy atom. The molecule has 0 amide bonds. The van der Waals surface area contributed by atoms with Gasteiger partial charge in [-0.3, -0.25) is 4.79 Å². The first-order chi connectivity index (χ1) is 8.29. The zero-order valence-electron chi connectivity index (χ0n) is 11.5. The lowest BCUT2D eigenvalue weighted by atomic mass is 9.61. The highest BCUT2D eigenvalue weighted by atomic mass is 16.3. The van der Waals surface area contributed by atoms with Gasteiger partial charge >= 0.3 is 0 Å². The van der Waals surface area contributed by atoms with Gasteiger partial charge in [0.15, 0.2) is 5.78 Å². The van der Waals surface area contributed by atoms with Crippen LogP contribution in [-0.2, 0) is 4.79 Å². The fourth-order valence-electron chi connectivity index (χ4n) is 3.41. The summed E-state index contributed by atoms with van der Waals surface area (Å²) in [6.07, 6.45) is 1.93. The number of fused-ring (bicyclic) bond motifs is 1. The largest absolute Gasteiger partial charge is 0.388 e. The number of Topliss-reactive ketones (excluding diaryl/α,β-unsaturated/α-hetero) is 1. The Morgan fingerprint density at radius 2 is 1.94 bits per heavy atom. The molecule has 0 spiro atoms. The van der Waals surface area contributed by atoms with Crippen LogP contribution in [0.5, 0.6) is 0 Å². The van der Waals surface area contributed by atoms with Crippen molar-refractivity contribution >= 4 is 5.78 Å². The van der Waals surface area contributed by atoms with E-state index in [0.717, 1.165) is 17.6 Å². The van der Waals surface area contributed by atoms with Crippen LogP contribution in [0.1, 0.15) is 40.5 Å². The summed E-state index contributed by atoms with van der Waals surface area (Å²) >= 11 is 0. The van der Waals surface area contributed by atoms with Gasteiger partial charge in [-0.05, 0) is 43.8 Å². The van der Waals surface area contributed by atoms with Crippen molar-refractivity contribution in [1.29, 1.82) is 0 Å². The van der Waals surface area contributed by atoms with E-state index in [1.165, 1.54) is 0 Å². The summed E-state index contributed by atoms with van der Waals surface area (Å²) in [7, 11) is 0. The van der Waals surface area contributed by atoms with Gasteiger partial charge < -0.3 is 10.2 Å². The maximum atomic E-state index is 12.0. The van der Waals surface area contributed by atoms with E-state index >= 15 is 0 Å². The summed E-state index contributed by atoms with van der Waals surface area (Å²) in [6.45, 7) is 7.68. The monoisotopic (exact) mass is 250 g/mol. The SMILES string of the molecule is CC1=CC[C@]2(C)C(=C(C)C(=O)[C@@H](O)[C@H]2C)[C@@H](O)C1. The van der Waals surface area contributed by atoms with Crippen molar-refractivity contribution in [2.75, 3.05) is 0 Å². The molecular formula is C15H22O3. The van der Waals surface area contributed by atoms with Gasteiger partial charge in [0.25, 0.3) is 0 Å². The zero-order valence-corrected chi connectivity index (χ0v) is 11.5. The molecule has 0 aromatic rings. The molecule has 0 aromatic heterocycles. The second kappa shape index (κ2) is 4.32. The first kappa shape index (κ1) is 13.5. The topological polar surface area (TPSA) is 57.5 Å². The van der Waals surface area contributed by atoms with Crippen LogP contribution in [0.15, 0.2) is 22.8 Å². The van der Waals surface area contributed by atoms with Crippen molar-refractivity contribution in [3.63, 3.8) is 0 Å². The van der Waals surface area contributed by atoms with Gasteiger partial charge in [-0.1, -0.05) is 25.5 Å². The van der Waals surface area contributed by atoms with Crippen LogP contribution >= 0.6 is 0 Å². The summed E-state index contributed by atoms with van der Waals surface area (Å²) in [5, 5.41) is 20.5. The van der Waals surface area contributed by atoms with Gasteiger partial charge in [-0.15, -0.1) is 0 Å². The minimum absolute atomic E-state index is 0.166. The fourth-order valence-corrected chi connectivity index (χ4v) is 3.41. The number of aliphatic hydroxyl groups is 2. The molecule has 0 aliphatic heterocycles. The predicted octanol–water partition coefficient (Wildman–Crippen LogP) is 1.99. The molecule has 0 fully saturated rings. The van der Waals surface area contributed by atoms with Gasteiger partial charge in [0, 0.05) is 5.41 Å². The molecule has 0 saturated heterocycles. The number of carbonyl (C=O) groups is 1. The Kier molecular flexibility index (Phi) is 3.24. The van der Waals surface area contributed by atoms with Crippen molar-refractivity contribution < 1.29 is 15.0 Å². The lowest BCUT2D eigenvalue weighted by molar-refractivity contribution is -0.130. The van der Waals surface area contributed by atoms with Crippen molar-refractivity contribution in [3.8, 4) is 0 Å². The number of hydrogen-bond donors (Lipinski definition) is 2. The molecule has 2 rings (SSSR count). The van der Waals surface area contributed by atoms with E-state index in [0.29, 0.717) is 12.0 Å². The molecule has 2 aliphatic rings. The number of carbonyl (C=O) groups excluding carboxylic acids is 1. The average molecular weight is 250 g/mol. The molecule has 0 heterocycles. The Balaban J connectivity index is 2.61. The van der Waals surface area contributed by atoms with Gasteiger partial charge in [0.05, 0.1) is 6.10 Å². The van der Waals surface area contributed by atoms with Crippen LogP contribution in [0.2, 0.25) is 0 Å². The second-order valence-electron chi connectivity index (χ2n) is 6.03. The molecule has 0 bridgehead atoms. The fraction of sp³-hybridized carbons (Fsp3) is 0.667. The maximum absolute atomic E-state index is 12.0. The van der Waals surface area contributed by atoms with Crippen LogP contribution in [0.4, 0.5) is 0 Å². The van der Waals surface area contributed by atoms with Crippen LogP contribution in [0.3, 0.4) is 0 Å². The highest BCUT2D eigenvalue weighted by molar-refractivity contribution is 6.00. The van der Waals surface area contributed by atoms with E-state index in [4.69, 9.17) is 0 Å². The third-order valence-corrected chi connectivity index (χ3v) is 4.86. The van der Waals surface area contributed by atoms with Crippen LogP contribution in [0, 0.1) is 11.3 Å². The number of rotatable bonds is 0. The predicted molar refractivity (Wildman–Crippen MR) is 70.0 cm³/mol. The molecule has 0 saturated carbocycles. The molecule has 2 N–H and O–H groups in total. The van der Waals surface area contributed by atoms with Crippen molar-refractivity contribution in [2.24, 2.45) is 11.3 Å². The normalized spacial score (nSPS) is 41.3. The van der Waals surface area contributed by atoms with Crippen molar-refractivity contribution in [1.82, 2.24) is 0 Å². The molecule has 3 heteroatoms.